The minimum atomic E-state index is -1.50. The van der Waals surface area contributed by atoms with Crippen LogP contribution in [0.1, 0.15) is 78.7 Å². The molecule has 0 unspecified atom stereocenters. The molecule has 4 aromatic carbocycles. The van der Waals surface area contributed by atoms with Gasteiger partial charge in [0.15, 0.2) is 0 Å². The molecular formula is C54H55IrN5OSi-2. The Morgan fingerprint density at radius 1 is 0.677 bits per heavy atom. The molecule has 0 saturated heterocycles. The zero-order valence-electron chi connectivity index (χ0n) is 37.9. The van der Waals surface area contributed by atoms with Gasteiger partial charge < -0.3 is 14.0 Å². The summed E-state index contributed by atoms with van der Waals surface area (Å²) < 4.78 is 8.50. The fourth-order valence-electron chi connectivity index (χ4n) is 8.64. The predicted octanol–water partition coefficient (Wildman–Crippen LogP) is 13.7. The van der Waals surface area contributed by atoms with Crippen LogP contribution in [0.5, 0.6) is 0 Å². The second-order valence-electron chi connectivity index (χ2n) is 18.1. The van der Waals surface area contributed by atoms with Crippen molar-refractivity contribution in [2.75, 3.05) is 0 Å². The summed E-state index contributed by atoms with van der Waals surface area (Å²) >= 11 is 0. The van der Waals surface area contributed by atoms with Crippen LogP contribution in [0.25, 0.3) is 72.6 Å². The van der Waals surface area contributed by atoms with Gasteiger partial charge in [-0.25, -0.2) is 4.98 Å². The molecule has 0 saturated carbocycles. The molecule has 0 aliphatic heterocycles. The first kappa shape index (κ1) is 44.5. The zero-order chi connectivity index (χ0) is 43.3. The van der Waals surface area contributed by atoms with Gasteiger partial charge in [-0.3, -0.25) is 9.97 Å². The average Bonchev–Trinajstić information content (AvgIpc) is 3.78. The van der Waals surface area contributed by atoms with E-state index < -0.39 is 8.07 Å². The Morgan fingerprint density at radius 3 is 2.02 bits per heavy atom. The summed E-state index contributed by atoms with van der Waals surface area (Å²) in [6, 6.07) is 38.7. The Kier molecular flexibility index (Phi) is 12.7. The molecule has 8 heteroatoms. The maximum Gasteiger partial charge on any atom is 0.216 e. The average molecular weight is 1010 g/mol. The summed E-state index contributed by atoms with van der Waals surface area (Å²) in [6.07, 6.45) is 4.04. The molecule has 0 spiro atoms. The Balaban J connectivity index is 0.000000201. The van der Waals surface area contributed by atoms with Crippen molar-refractivity contribution in [1.82, 2.24) is 24.5 Å². The van der Waals surface area contributed by atoms with Crippen molar-refractivity contribution in [2.24, 2.45) is 0 Å². The number of benzene rings is 4. The maximum absolute atomic E-state index is 6.22. The molecule has 0 atom stereocenters. The van der Waals surface area contributed by atoms with Crippen LogP contribution in [-0.2, 0) is 20.1 Å². The second-order valence-corrected chi connectivity index (χ2v) is 23.1. The van der Waals surface area contributed by atoms with Crippen molar-refractivity contribution < 1.29 is 24.5 Å². The summed E-state index contributed by atoms with van der Waals surface area (Å²) in [5.41, 5.74) is 18.3. The van der Waals surface area contributed by atoms with E-state index in [1.54, 1.807) is 0 Å². The monoisotopic (exact) mass is 1010 g/mol. The van der Waals surface area contributed by atoms with E-state index in [1.165, 1.54) is 44.3 Å². The number of aryl methyl sites for hydroxylation is 5. The van der Waals surface area contributed by atoms with Crippen molar-refractivity contribution in [3.05, 3.63) is 155 Å². The fraction of sp³-hybridized carbons (Fsp3) is 0.259. The number of rotatable bonds is 7. The molecule has 0 amide bonds. The van der Waals surface area contributed by atoms with Gasteiger partial charge in [-0.2, -0.15) is 0 Å². The topological polar surface area (TPSA) is 69.6 Å². The summed E-state index contributed by atoms with van der Waals surface area (Å²) in [6.45, 7) is 26.6. The van der Waals surface area contributed by atoms with Gasteiger partial charge >= 0.3 is 0 Å². The number of pyridine rings is 3. The molecule has 5 heterocycles. The van der Waals surface area contributed by atoms with Crippen molar-refractivity contribution in [1.29, 1.82) is 0 Å². The van der Waals surface area contributed by atoms with Crippen LogP contribution in [0.4, 0.5) is 0 Å². The Bertz CT molecular complexity index is 3040. The Morgan fingerprint density at radius 2 is 1.37 bits per heavy atom. The third kappa shape index (κ3) is 8.48. The number of furan rings is 1. The number of fused-ring (bicyclic) bond motifs is 4. The number of aromatic nitrogens is 5. The summed E-state index contributed by atoms with van der Waals surface area (Å²) in [4.78, 5) is 19.2. The van der Waals surface area contributed by atoms with E-state index in [2.05, 4.69) is 174 Å². The molecule has 317 valence electrons. The van der Waals surface area contributed by atoms with Crippen molar-refractivity contribution in [3.63, 3.8) is 0 Å². The molecule has 6 nitrogen and oxygen atoms in total. The normalized spacial score (nSPS) is 11.7. The minimum absolute atomic E-state index is 0. The number of hydrogen-bond donors (Lipinski definition) is 0. The largest absolute Gasteiger partial charge is 0.459 e. The summed E-state index contributed by atoms with van der Waals surface area (Å²) in [5.74, 6) is 1.52. The maximum atomic E-state index is 6.22. The van der Waals surface area contributed by atoms with Gasteiger partial charge in [-0.15, -0.1) is 53.6 Å². The van der Waals surface area contributed by atoms with Gasteiger partial charge in [0.25, 0.3) is 0 Å². The number of hydrogen-bond acceptors (Lipinski definition) is 5. The van der Waals surface area contributed by atoms with Crippen LogP contribution in [0.3, 0.4) is 0 Å². The minimum Gasteiger partial charge on any atom is -0.459 e. The summed E-state index contributed by atoms with van der Waals surface area (Å²) in [5, 5.41) is 3.48. The van der Waals surface area contributed by atoms with Crippen LogP contribution in [0, 0.1) is 46.8 Å². The van der Waals surface area contributed by atoms with Gasteiger partial charge in [0.1, 0.15) is 0 Å². The first-order valence-electron chi connectivity index (χ1n) is 21.4. The van der Waals surface area contributed by atoms with Gasteiger partial charge in [0.2, 0.25) is 5.71 Å². The van der Waals surface area contributed by atoms with E-state index in [4.69, 9.17) is 14.4 Å². The molecular weight excluding hydrogens is 955 g/mol. The Hall–Kier alpha value is -5.53. The van der Waals surface area contributed by atoms with Gasteiger partial charge in [0.05, 0.1) is 36.7 Å². The van der Waals surface area contributed by atoms with Crippen LogP contribution in [-0.4, -0.2) is 32.6 Å². The van der Waals surface area contributed by atoms with Crippen LogP contribution in [0.15, 0.2) is 108 Å². The van der Waals surface area contributed by atoms with Crippen molar-refractivity contribution in [3.8, 4) is 39.5 Å². The molecule has 9 rings (SSSR count). The first-order chi connectivity index (χ1) is 29.1. The zero-order valence-corrected chi connectivity index (χ0v) is 41.3. The quantitative estimate of drug-likeness (QED) is 0.118. The van der Waals surface area contributed by atoms with Crippen molar-refractivity contribution >= 4 is 46.4 Å². The number of para-hydroxylation sites is 1. The van der Waals surface area contributed by atoms with Gasteiger partial charge in [-0.05, 0) is 108 Å². The van der Waals surface area contributed by atoms with E-state index in [-0.39, 0.29) is 20.1 Å². The van der Waals surface area contributed by atoms with E-state index >= 15 is 0 Å². The van der Waals surface area contributed by atoms with E-state index in [9.17, 15) is 0 Å². The van der Waals surface area contributed by atoms with Crippen molar-refractivity contribution in [2.45, 2.75) is 93.8 Å². The molecule has 0 aliphatic rings. The standard InChI is InChI=1S/C32H31N4O.C22H24NSi.Ir/c1-17(2)23-9-8-10-24(18(3)4)30(23)36-27-16-33-20(6)14-26(27)35-31(36)22-11-12-25-28(15-22)37-32-29(25)19(5)13-21(7)34-32;1-16-10-9-11-17(2)22(16)19-14-20(18-12-7-6-8-13-18)23-15-21(19)24(3,4)5;/h8-14,16-18H,1-7H3;6-12,14-15H,1-5H3;/q2*-1;. The molecule has 0 bridgehead atoms. The van der Waals surface area contributed by atoms with E-state index in [1.807, 2.05) is 38.2 Å². The van der Waals surface area contributed by atoms with Gasteiger partial charge in [-0.1, -0.05) is 101 Å². The summed E-state index contributed by atoms with van der Waals surface area (Å²) in [7, 11) is -1.50. The number of nitrogens with zero attached hydrogens (tertiary/aromatic N) is 5. The van der Waals surface area contributed by atoms with E-state index in [0.717, 1.165) is 61.4 Å². The second kappa shape index (κ2) is 17.7. The van der Waals surface area contributed by atoms with E-state index in [0.29, 0.717) is 23.1 Å². The van der Waals surface area contributed by atoms with Crippen LogP contribution in [0.2, 0.25) is 19.6 Å². The molecule has 62 heavy (non-hydrogen) atoms. The van der Waals surface area contributed by atoms with Crippen LogP contribution < -0.4 is 5.19 Å². The van der Waals surface area contributed by atoms with Gasteiger partial charge in [0, 0.05) is 48.8 Å². The smallest absolute Gasteiger partial charge is 0.216 e. The SMILES string of the molecule is Cc1cc2nc(-c3[c-]c4oc5nc(C)cc(C)c5c4cc3)n(-c3c(C(C)C)cccc3C(C)C)c2cn1.Cc1cccc(C)c1-c1cc(-c2[c-]cccc2)ncc1[Si](C)(C)C.[Ir]. The predicted molar refractivity (Wildman–Crippen MR) is 257 cm³/mol. The number of imidazole rings is 1. The molecule has 0 fully saturated rings. The molecule has 0 N–H and O–H groups in total. The fourth-order valence-corrected chi connectivity index (χ4v) is 10.1. The third-order valence-electron chi connectivity index (χ3n) is 11.6. The molecule has 5 aromatic heterocycles. The molecule has 0 aliphatic carbocycles. The third-order valence-corrected chi connectivity index (χ3v) is 13.6. The first-order valence-corrected chi connectivity index (χ1v) is 24.9. The van der Waals surface area contributed by atoms with Crippen LogP contribution >= 0.6 is 0 Å². The molecule has 1 radical (unpaired) electrons. The molecule has 9 aromatic rings. The Labute approximate surface area is 381 Å².